The number of hydrogen-bond acceptors (Lipinski definition) is 4. The molecule has 0 aromatic heterocycles. The van der Waals surface area contributed by atoms with E-state index in [1.54, 1.807) is 14.1 Å². The van der Waals surface area contributed by atoms with Crippen LogP contribution in [0.5, 0.6) is 0 Å². The average molecular weight is 425 g/mol. The highest BCUT2D eigenvalue weighted by molar-refractivity contribution is 6.23. The van der Waals surface area contributed by atoms with Crippen molar-refractivity contribution >= 4 is 23.6 Å². The third-order valence-corrected chi connectivity index (χ3v) is 7.02. The van der Waals surface area contributed by atoms with E-state index in [1.165, 1.54) is 45.8 Å². The van der Waals surface area contributed by atoms with Crippen LogP contribution in [0.2, 0.25) is 0 Å². The van der Waals surface area contributed by atoms with Crippen molar-refractivity contribution < 1.29 is 14.2 Å². The Balaban J connectivity index is 1.74. The second-order valence-corrected chi connectivity index (χ2v) is 9.11. The summed E-state index contributed by atoms with van der Waals surface area (Å²) >= 11 is 0. The zero-order valence-corrected chi connectivity index (χ0v) is 19.4. The zero-order valence-electron chi connectivity index (χ0n) is 19.4. The van der Waals surface area contributed by atoms with Crippen LogP contribution in [0.4, 0.5) is 4.79 Å². The van der Waals surface area contributed by atoms with Gasteiger partial charge in [-0.1, -0.05) is 37.1 Å². The van der Waals surface area contributed by atoms with E-state index >= 15 is 0 Å². The normalized spacial score (nSPS) is 24.7. The number of amides is 3. The molecule has 2 unspecified atom stereocenters. The summed E-state index contributed by atoms with van der Waals surface area (Å²) in [6.07, 6.45) is 4.79. The summed E-state index contributed by atoms with van der Waals surface area (Å²) in [7, 11) is 3.27. The maximum atomic E-state index is 13.2. The lowest BCUT2D eigenvalue weighted by atomic mass is 10.00. The van der Waals surface area contributed by atoms with Gasteiger partial charge in [-0.15, -0.1) is 0 Å². The van der Waals surface area contributed by atoms with Crippen molar-refractivity contribution in [3.05, 3.63) is 34.9 Å². The Morgan fingerprint density at radius 3 is 2.65 bits per heavy atom. The van der Waals surface area contributed by atoms with Crippen LogP contribution in [0, 0.1) is 13.8 Å². The predicted octanol–water partition coefficient (Wildman–Crippen LogP) is 2.78. The molecule has 3 aliphatic heterocycles. The van der Waals surface area contributed by atoms with Gasteiger partial charge in [0.2, 0.25) is 0 Å². The quantitative estimate of drug-likeness (QED) is 0.683. The van der Waals surface area contributed by atoms with E-state index in [0.717, 1.165) is 18.8 Å². The fraction of sp³-hybridized carbons (Fsp3) is 0.583. The smallest absolute Gasteiger partial charge is 0.289 e. The molecule has 2 fully saturated rings. The lowest BCUT2D eigenvalue weighted by Gasteiger charge is -2.34. The number of hydrogen-bond donors (Lipinski definition) is 0. The van der Waals surface area contributed by atoms with Crippen LogP contribution in [0.1, 0.15) is 49.3 Å². The molecular weight excluding hydrogens is 390 g/mol. The summed E-state index contributed by atoms with van der Waals surface area (Å²) in [5.74, 6) is 1.25. The highest BCUT2D eigenvalue weighted by atomic mass is 16.2. The first-order valence-electron chi connectivity index (χ1n) is 11.4. The Kier molecular flexibility index (Phi) is 5.97. The van der Waals surface area contributed by atoms with Crippen molar-refractivity contribution in [3.8, 4) is 0 Å². The molecule has 1 aromatic rings. The average Bonchev–Trinajstić information content (AvgIpc) is 3.11. The Morgan fingerprint density at radius 1 is 1.13 bits per heavy atom. The fourth-order valence-corrected chi connectivity index (χ4v) is 5.02. The molecule has 7 heteroatoms. The van der Waals surface area contributed by atoms with Crippen LogP contribution in [0.25, 0.3) is 0 Å². The van der Waals surface area contributed by atoms with E-state index in [2.05, 4.69) is 48.4 Å². The lowest BCUT2D eigenvalue weighted by Crippen LogP contribution is -2.61. The van der Waals surface area contributed by atoms with Crippen LogP contribution in [0.3, 0.4) is 0 Å². The van der Waals surface area contributed by atoms with Crippen molar-refractivity contribution in [1.29, 1.82) is 0 Å². The van der Waals surface area contributed by atoms with Gasteiger partial charge in [-0.2, -0.15) is 0 Å². The summed E-state index contributed by atoms with van der Waals surface area (Å²) in [5.41, 5.74) is 3.59. The molecule has 2 saturated heterocycles. The third kappa shape index (κ3) is 3.91. The van der Waals surface area contributed by atoms with Crippen LogP contribution in [-0.4, -0.2) is 82.2 Å². The first kappa shape index (κ1) is 21.7. The molecule has 0 bridgehead atoms. The van der Waals surface area contributed by atoms with Gasteiger partial charge in [0.1, 0.15) is 13.1 Å². The maximum Gasteiger partial charge on any atom is 0.333 e. The van der Waals surface area contributed by atoms with Crippen molar-refractivity contribution in [2.24, 2.45) is 4.99 Å². The van der Waals surface area contributed by atoms with Gasteiger partial charge < -0.3 is 0 Å². The van der Waals surface area contributed by atoms with Gasteiger partial charge in [0.15, 0.2) is 0 Å². The highest BCUT2D eigenvalue weighted by Crippen LogP contribution is 2.24. The monoisotopic (exact) mass is 424 g/mol. The van der Waals surface area contributed by atoms with Crippen LogP contribution in [-0.2, 0) is 11.3 Å². The number of fused-ring (bicyclic) bond motifs is 1. The number of piperidine rings is 1. The highest BCUT2D eigenvalue weighted by Gasteiger charge is 2.53. The Bertz CT molecular complexity index is 967. The largest absolute Gasteiger partial charge is 0.333 e. The number of urea groups is 1. The van der Waals surface area contributed by atoms with E-state index in [0.29, 0.717) is 25.0 Å². The van der Waals surface area contributed by atoms with Gasteiger partial charge in [-0.3, -0.25) is 19.5 Å². The molecule has 0 N–H and O–H groups in total. The predicted molar refractivity (Wildman–Crippen MR) is 122 cm³/mol. The Labute approximate surface area is 185 Å². The molecule has 2 atom stereocenters. The second kappa shape index (κ2) is 8.54. The first-order valence-corrected chi connectivity index (χ1v) is 11.4. The summed E-state index contributed by atoms with van der Waals surface area (Å²) in [4.78, 5) is 35.9. The molecule has 4 rings (SSSR count). The second-order valence-electron chi connectivity index (χ2n) is 9.11. The lowest BCUT2D eigenvalue weighted by molar-refractivity contribution is -0.552. The molecule has 3 amide bonds. The SMILES string of the molecule is CCC1CCCCN1CC1=[N+](Cc2cc(C)ccc2C)C2C(=O)N(C)C(=O)N(C)C2=N1. The minimum absolute atomic E-state index is 0.201. The molecule has 0 spiro atoms. The van der Waals surface area contributed by atoms with Crippen LogP contribution in [0.15, 0.2) is 23.2 Å². The van der Waals surface area contributed by atoms with Gasteiger partial charge in [-0.05, 0) is 55.8 Å². The maximum absolute atomic E-state index is 13.2. The summed E-state index contributed by atoms with van der Waals surface area (Å²) < 4.78 is 2.13. The van der Waals surface area contributed by atoms with E-state index < -0.39 is 6.04 Å². The van der Waals surface area contributed by atoms with E-state index in [4.69, 9.17) is 4.99 Å². The van der Waals surface area contributed by atoms with Crippen molar-refractivity contribution in [3.63, 3.8) is 0 Å². The summed E-state index contributed by atoms with van der Waals surface area (Å²) in [6.45, 7) is 8.80. The minimum atomic E-state index is -0.549. The number of nitrogens with zero attached hydrogens (tertiary/aromatic N) is 5. The van der Waals surface area contributed by atoms with Crippen LogP contribution >= 0.6 is 0 Å². The van der Waals surface area contributed by atoms with Gasteiger partial charge in [0.05, 0.1) is 0 Å². The van der Waals surface area contributed by atoms with Crippen molar-refractivity contribution in [1.82, 2.24) is 14.7 Å². The molecule has 3 aliphatic rings. The van der Waals surface area contributed by atoms with E-state index in [9.17, 15) is 9.59 Å². The fourth-order valence-electron chi connectivity index (χ4n) is 5.02. The molecule has 1 aromatic carbocycles. The molecule has 3 heterocycles. The summed E-state index contributed by atoms with van der Waals surface area (Å²) in [5, 5.41) is 0. The van der Waals surface area contributed by atoms with E-state index in [1.807, 2.05) is 0 Å². The number of imide groups is 1. The van der Waals surface area contributed by atoms with Gasteiger partial charge in [0.25, 0.3) is 17.8 Å². The van der Waals surface area contributed by atoms with Crippen molar-refractivity contribution in [2.75, 3.05) is 27.2 Å². The van der Waals surface area contributed by atoms with Crippen LogP contribution < -0.4 is 0 Å². The Hall–Kier alpha value is -2.54. The molecule has 31 heavy (non-hydrogen) atoms. The van der Waals surface area contributed by atoms with Gasteiger partial charge >= 0.3 is 11.9 Å². The third-order valence-electron chi connectivity index (χ3n) is 7.02. The number of aryl methyl sites for hydroxylation is 2. The number of benzene rings is 1. The Morgan fingerprint density at radius 2 is 1.90 bits per heavy atom. The molecular formula is C24H34N5O2+. The van der Waals surface area contributed by atoms with E-state index in [-0.39, 0.29) is 11.9 Å². The van der Waals surface area contributed by atoms with Gasteiger partial charge in [-0.25, -0.2) is 9.37 Å². The number of rotatable bonds is 5. The number of carbonyl (C=O) groups excluding carboxylic acids is 2. The number of aliphatic imine (C=N–C) groups is 1. The minimum Gasteiger partial charge on any atom is -0.289 e. The molecule has 7 nitrogen and oxygen atoms in total. The molecule has 0 saturated carbocycles. The molecule has 0 aliphatic carbocycles. The number of likely N-dealkylation sites (tertiary alicyclic amines) is 1. The number of likely N-dealkylation sites (N-methyl/N-ethyl adjacent to an activating group) is 2. The number of carbonyl (C=O) groups is 2. The molecule has 166 valence electrons. The number of amidine groups is 2. The standard InChI is InChI=1S/C24H34N5O2/c1-6-19-9-7-8-12-28(19)15-20-25-22-21(23(30)27(5)24(31)26(22)4)29(20)14-18-13-16(2)10-11-17(18)3/h10-11,13,19,21H,6-9,12,14-15H2,1-5H3/q+1. The summed E-state index contributed by atoms with van der Waals surface area (Å²) in [6, 6.07) is 6.10. The van der Waals surface area contributed by atoms with Gasteiger partial charge in [0, 0.05) is 20.1 Å². The zero-order chi connectivity index (χ0) is 22.3. The topological polar surface area (TPSA) is 59.2 Å². The first-order chi connectivity index (χ1) is 14.8. The van der Waals surface area contributed by atoms with Crippen molar-refractivity contribution in [2.45, 2.75) is 65.1 Å². The molecule has 0 radical (unpaired) electrons.